The van der Waals surface area contributed by atoms with E-state index in [1.54, 1.807) is 0 Å². The third-order valence-corrected chi connectivity index (χ3v) is 5.84. The zero-order valence-electron chi connectivity index (χ0n) is 17.5. The van der Waals surface area contributed by atoms with Crippen LogP contribution in [0.15, 0.2) is 30.6 Å². The zero-order chi connectivity index (χ0) is 20.2. The van der Waals surface area contributed by atoms with E-state index < -0.39 is 0 Å². The van der Waals surface area contributed by atoms with E-state index in [9.17, 15) is 4.79 Å². The van der Waals surface area contributed by atoms with Gasteiger partial charge in [0.05, 0.1) is 19.8 Å². The number of morpholine rings is 1. The van der Waals surface area contributed by atoms with Gasteiger partial charge in [0.2, 0.25) is 5.91 Å². The van der Waals surface area contributed by atoms with Crippen molar-refractivity contribution in [3.63, 3.8) is 0 Å². The lowest BCUT2D eigenvalue weighted by atomic mass is 9.94. The van der Waals surface area contributed by atoms with Crippen molar-refractivity contribution < 1.29 is 9.53 Å². The molecule has 4 heterocycles. The van der Waals surface area contributed by atoms with E-state index >= 15 is 0 Å². The lowest BCUT2D eigenvalue weighted by Gasteiger charge is -2.35. The molecule has 0 saturated carbocycles. The number of nitrogens with zero attached hydrogens (tertiary/aromatic N) is 5. The van der Waals surface area contributed by atoms with Crippen LogP contribution in [-0.2, 0) is 9.53 Å². The second-order valence-corrected chi connectivity index (χ2v) is 8.30. The first kappa shape index (κ1) is 20.0. The van der Waals surface area contributed by atoms with E-state index in [1.807, 2.05) is 23.4 Å². The maximum atomic E-state index is 12.8. The van der Waals surface area contributed by atoms with Crippen LogP contribution in [0.4, 0.5) is 0 Å². The molecule has 0 unspecified atom stereocenters. The molecule has 0 bridgehead atoms. The minimum atomic E-state index is 0.226. The average molecular weight is 398 g/mol. The summed E-state index contributed by atoms with van der Waals surface area (Å²) in [6.07, 6.45) is 5.89. The monoisotopic (exact) mass is 397 g/mol. The second-order valence-electron chi connectivity index (χ2n) is 8.30. The molecule has 0 aliphatic carbocycles. The number of likely N-dealkylation sites (tertiary alicyclic amines) is 1. The van der Waals surface area contributed by atoms with Crippen LogP contribution in [0.25, 0.3) is 5.82 Å². The average Bonchev–Trinajstić information content (AvgIpc) is 3.25. The van der Waals surface area contributed by atoms with Gasteiger partial charge in [0, 0.05) is 56.1 Å². The molecule has 2 aliphatic rings. The van der Waals surface area contributed by atoms with Crippen molar-refractivity contribution in [3.05, 3.63) is 42.1 Å². The number of hydrogen-bond donors (Lipinski definition) is 0. The molecule has 156 valence electrons. The van der Waals surface area contributed by atoms with Crippen molar-refractivity contribution >= 4 is 5.91 Å². The van der Waals surface area contributed by atoms with Gasteiger partial charge in [0.25, 0.3) is 0 Å². The Morgan fingerprint density at radius 1 is 1.24 bits per heavy atom. The normalized spacial score (nSPS) is 20.9. The molecular weight excluding hydrogens is 366 g/mol. The summed E-state index contributed by atoms with van der Waals surface area (Å²) in [4.78, 5) is 26.5. The Labute approximate surface area is 172 Å². The van der Waals surface area contributed by atoms with Gasteiger partial charge in [-0.1, -0.05) is 19.9 Å². The first-order valence-electron chi connectivity index (χ1n) is 10.7. The standard InChI is InChI=1S/C22H31N5O2/c1-17(2)22-23-8-10-27(22)20-7-3-6-19(24-20)18-5-4-9-26(15-18)21(28)16-25-11-13-29-14-12-25/h3,6-8,10,17-18H,4-5,9,11-16H2,1-2H3/t18-/m1/s1. The number of piperidine rings is 1. The maximum absolute atomic E-state index is 12.8. The number of aromatic nitrogens is 3. The lowest BCUT2D eigenvalue weighted by molar-refractivity contribution is -0.134. The molecule has 7 nitrogen and oxygen atoms in total. The first-order chi connectivity index (χ1) is 14.1. The number of pyridine rings is 1. The molecule has 2 aliphatic heterocycles. The predicted octanol–water partition coefficient (Wildman–Crippen LogP) is 2.43. The maximum Gasteiger partial charge on any atom is 0.236 e. The first-order valence-corrected chi connectivity index (χ1v) is 10.7. The van der Waals surface area contributed by atoms with E-state index in [2.05, 4.69) is 40.4 Å². The highest BCUT2D eigenvalue weighted by molar-refractivity contribution is 5.78. The molecule has 4 rings (SSSR count). The SMILES string of the molecule is CC(C)c1nccn1-c1cccc([C@@H]2CCCN(C(=O)CN3CCOCC3)C2)n1. The third kappa shape index (κ3) is 4.67. The van der Waals surface area contributed by atoms with E-state index in [4.69, 9.17) is 9.72 Å². The number of imidazole rings is 1. The Bertz CT molecular complexity index is 828. The minimum Gasteiger partial charge on any atom is -0.379 e. The van der Waals surface area contributed by atoms with Crippen LogP contribution in [-0.4, -0.2) is 76.2 Å². The van der Waals surface area contributed by atoms with Crippen LogP contribution in [0.3, 0.4) is 0 Å². The van der Waals surface area contributed by atoms with Crippen LogP contribution in [0.2, 0.25) is 0 Å². The van der Waals surface area contributed by atoms with Crippen LogP contribution < -0.4 is 0 Å². The molecule has 0 spiro atoms. The third-order valence-electron chi connectivity index (χ3n) is 5.84. The fourth-order valence-electron chi connectivity index (χ4n) is 4.23. The van der Waals surface area contributed by atoms with Crippen LogP contribution in [0.1, 0.15) is 50.0 Å². The number of carbonyl (C=O) groups excluding carboxylic acids is 1. The zero-order valence-corrected chi connectivity index (χ0v) is 17.5. The Kier molecular flexibility index (Phi) is 6.25. The Balaban J connectivity index is 1.45. The van der Waals surface area contributed by atoms with Gasteiger partial charge < -0.3 is 9.64 Å². The largest absolute Gasteiger partial charge is 0.379 e. The van der Waals surface area contributed by atoms with Crippen molar-refractivity contribution in [1.29, 1.82) is 0 Å². The fourth-order valence-corrected chi connectivity index (χ4v) is 4.23. The van der Waals surface area contributed by atoms with Crippen molar-refractivity contribution in [2.24, 2.45) is 0 Å². The van der Waals surface area contributed by atoms with Crippen molar-refractivity contribution in [3.8, 4) is 5.82 Å². The lowest BCUT2D eigenvalue weighted by Crippen LogP contribution is -2.47. The molecule has 0 N–H and O–H groups in total. The van der Waals surface area contributed by atoms with E-state index in [0.29, 0.717) is 12.5 Å². The topological polar surface area (TPSA) is 63.5 Å². The smallest absolute Gasteiger partial charge is 0.236 e. The number of ether oxygens (including phenoxy) is 1. The molecule has 2 saturated heterocycles. The number of carbonyl (C=O) groups is 1. The highest BCUT2D eigenvalue weighted by Crippen LogP contribution is 2.27. The van der Waals surface area contributed by atoms with Gasteiger partial charge in [-0.05, 0) is 25.0 Å². The number of amides is 1. The van der Waals surface area contributed by atoms with Crippen molar-refractivity contribution in [2.45, 2.75) is 38.5 Å². The molecule has 1 atom stereocenters. The minimum absolute atomic E-state index is 0.226. The second kappa shape index (κ2) is 9.05. The summed E-state index contributed by atoms with van der Waals surface area (Å²) in [7, 11) is 0. The van der Waals surface area contributed by atoms with Gasteiger partial charge in [0.15, 0.2) is 0 Å². The van der Waals surface area contributed by atoms with Crippen molar-refractivity contribution in [2.75, 3.05) is 45.9 Å². The fraction of sp³-hybridized carbons (Fsp3) is 0.591. The summed E-state index contributed by atoms with van der Waals surface area (Å²) in [6.45, 7) is 9.50. The van der Waals surface area contributed by atoms with Crippen LogP contribution in [0, 0.1) is 0 Å². The summed E-state index contributed by atoms with van der Waals surface area (Å²) in [5, 5.41) is 0. The van der Waals surface area contributed by atoms with E-state index in [-0.39, 0.29) is 11.8 Å². The Morgan fingerprint density at radius 2 is 2.07 bits per heavy atom. The molecule has 0 aromatic carbocycles. The molecular formula is C22H31N5O2. The summed E-state index contributed by atoms with van der Waals surface area (Å²) < 4.78 is 7.45. The Morgan fingerprint density at radius 3 is 2.86 bits per heavy atom. The highest BCUT2D eigenvalue weighted by atomic mass is 16.5. The Hall–Kier alpha value is -2.25. The van der Waals surface area contributed by atoms with E-state index in [0.717, 1.165) is 69.6 Å². The predicted molar refractivity (Wildman–Crippen MR) is 111 cm³/mol. The summed E-state index contributed by atoms with van der Waals surface area (Å²) >= 11 is 0. The molecule has 1 amide bonds. The number of hydrogen-bond acceptors (Lipinski definition) is 5. The molecule has 2 aromatic heterocycles. The molecule has 2 aromatic rings. The van der Waals surface area contributed by atoms with Gasteiger partial charge in [-0.15, -0.1) is 0 Å². The highest BCUT2D eigenvalue weighted by Gasteiger charge is 2.27. The molecule has 29 heavy (non-hydrogen) atoms. The van der Waals surface area contributed by atoms with Gasteiger partial charge in [0.1, 0.15) is 11.6 Å². The van der Waals surface area contributed by atoms with Gasteiger partial charge in [-0.3, -0.25) is 14.3 Å². The van der Waals surface area contributed by atoms with Crippen LogP contribution >= 0.6 is 0 Å². The molecule has 2 fully saturated rings. The summed E-state index contributed by atoms with van der Waals surface area (Å²) in [5.74, 6) is 2.76. The molecule has 7 heteroatoms. The van der Waals surface area contributed by atoms with Gasteiger partial charge in [-0.25, -0.2) is 9.97 Å². The van der Waals surface area contributed by atoms with Crippen molar-refractivity contribution in [1.82, 2.24) is 24.3 Å². The number of rotatable bonds is 5. The van der Waals surface area contributed by atoms with Crippen LogP contribution in [0.5, 0.6) is 0 Å². The molecule has 0 radical (unpaired) electrons. The summed E-state index contributed by atoms with van der Waals surface area (Å²) in [6, 6.07) is 6.19. The van der Waals surface area contributed by atoms with Gasteiger partial charge in [-0.2, -0.15) is 0 Å². The van der Waals surface area contributed by atoms with Gasteiger partial charge >= 0.3 is 0 Å². The van der Waals surface area contributed by atoms with E-state index in [1.165, 1.54) is 0 Å². The summed E-state index contributed by atoms with van der Waals surface area (Å²) in [5.41, 5.74) is 1.06. The quantitative estimate of drug-likeness (QED) is 0.775.